The fourth-order valence-corrected chi connectivity index (χ4v) is 4.97. The Morgan fingerprint density at radius 2 is 1.94 bits per heavy atom. The summed E-state index contributed by atoms with van der Waals surface area (Å²) in [6.07, 6.45) is -4.21. The number of esters is 1. The third-order valence-electron chi connectivity index (χ3n) is 5.26. The van der Waals surface area contributed by atoms with Crippen molar-refractivity contribution in [2.24, 2.45) is 0 Å². The van der Waals surface area contributed by atoms with E-state index in [4.69, 9.17) is 18.5 Å². The van der Waals surface area contributed by atoms with Gasteiger partial charge in [0.1, 0.15) is 24.0 Å². The summed E-state index contributed by atoms with van der Waals surface area (Å²) in [5.41, 5.74) is -4.12. The number of ether oxygens (including phenoxy) is 2. The molecule has 0 amide bonds. The normalized spacial score (nSPS) is 26.4. The van der Waals surface area contributed by atoms with Crippen molar-refractivity contribution in [3.05, 3.63) is 63.4 Å². The first-order valence-electron chi connectivity index (χ1n) is 11.1. The molecule has 3 rings (SSSR count). The van der Waals surface area contributed by atoms with Gasteiger partial charge in [0.2, 0.25) is 0 Å². The number of halogens is 1. The van der Waals surface area contributed by atoms with Crippen LogP contribution in [-0.2, 0) is 23.4 Å². The van der Waals surface area contributed by atoms with Crippen molar-refractivity contribution in [1.29, 1.82) is 0 Å². The fourth-order valence-electron chi connectivity index (χ4n) is 3.47. The van der Waals surface area contributed by atoms with Crippen LogP contribution < -0.4 is 20.9 Å². The van der Waals surface area contributed by atoms with Gasteiger partial charge in [-0.25, -0.2) is 13.8 Å². The van der Waals surface area contributed by atoms with Gasteiger partial charge < -0.3 is 19.1 Å². The molecule has 6 atom stereocenters. The second-order valence-electron chi connectivity index (χ2n) is 8.67. The molecule has 1 saturated heterocycles. The topological polar surface area (TPSA) is 158 Å². The molecule has 0 spiro atoms. The highest BCUT2D eigenvalue weighted by atomic mass is 31.2. The van der Waals surface area contributed by atoms with Gasteiger partial charge in [-0.2, -0.15) is 5.09 Å². The first kappa shape index (κ1) is 27.8. The molecule has 198 valence electrons. The molecule has 1 aliphatic heterocycles. The van der Waals surface area contributed by atoms with Crippen LogP contribution in [0.2, 0.25) is 0 Å². The van der Waals surface area contributed by atoms with Gasteiger partial charge in [-0.15, -0.1) is 0 Å². The number of hydrogen-bond acceptors (Lipinski definition) is 9. The van der Waals surface area contributed by atoms with Crippen LogP contribution in [0.25, 0.3) is 0 Å². The van der Waals surface area contributed by atoms with Crippen molar-refractivity contribution in [1.82, 2.24) is 14.6 Å². The van der Waals surface area contributed by atoms with E-state index in [0.717, 1.165) is 23.8 Å². The van der Waals surface area contributed by atoms with E-state index in [0.29, 0.717) is 0 Å². The van der Waals surface area contributed by atoms with Crippen molar-refractivity contribution in [3.63, 3.8) is 0 Å². The molecule has 1 aromatic carbocycles. The maximum atomic E-state index is 15.4. The number of carbonyl (C=O) groups excluding carboxylic acids is 1. The second kappa shape index (κ2) is 11.1. The van der Waals surface area contributed by atoms with Crippen molar-refractivity contribution in [2.45, 2.75) is 63.9 Å². The van der Waals surface area contributed by atoms with Crippen LogP contribution in [0, 0.1) is 0 Å². The lowest BCUT2D eigenvalue weighted by molar-refractivity contribution is -0.149. The van der Waals surface area contributed by atoms with Gasteiger partial charge in [0.15, 0.2) is 11.9 Å². The highest BCUT2D eigenvalue weighted by Crippen LogP contribution is 2.47. The van der Waals surface area contributed by atoms with Crippen LogP contribution in [0.4, 0.5) is 4.39 Å². The molecule has 2 heterocycles. The fraction of sp³-hybridized carbons (Fsp3) is 0.500. The Morgan fingerprint density at radius 1 is 1.28 bits per heavy atom. The average Bonchev–Trinajstić information content (AvgIpc) is 3.01. The molecule has 0 bridgehead atoms. The minimum atomic E-state index is -4.30. The maximum absolute atomic E-state index is 15.4. The number of nitrogens with one attached hydrogen (secondary N) is 2. The molecule has 36 heavy (non-hydrogen) atoms. The third-order valence-corrected chi connectivity index (χ3v) is 6.90. The minimum absolute atomic E-state index is 0.152. The zero-order valence-electron chi connectivity index (χ0n) is 20.1. The number of benzene rings is 1. The van der Waals surface area contributed by atoms with Crippen molar-refractivity contribution in [2.75, 3.05) is 6.61 Å². The van der Waals surface area contributed by atoms with Crippen LogP contribution in [0.3, 0.4) is 0 Å². The van der Waals surface area contributed by atoms with Gasteiger partial charge in [-0.3, -0.25) is 23.7 Å². The van der Waals surface area contributed by atoms with E-state index in [-0.39, 0.29) is 5.75 Å². The van der Waals surface area contributed by atoms with Crippen LogP contribution in [0.15, 0.2) is 52.2 Å². The molecule has 1 aliphatic rings. The van der Waals surface area contributed by atoms with E-state index < -0.39 is 67.8 Å². The number of H-pyrrole nitrogens is 1. The van der Waals surface area contributed by atoms with Gasteiger partial charge in [-0.05, 0) is 39.8 Å². The monoisotopic (exact) mass is 529 g/mol. The molecule has 0 aliphatic carbocycles. The number of aromatic amines is 1. The Hall–Kier alpha value is -2.83. The minimum Gasteiger partial charge on any atom is -0.462 e. The SMILES string of the molecule is CC(C)OC(=O)[C@H](C)N[P@@](=O)(OCC1O[C@@H](n2ccc(=O)[nH]c2=O)[C@](C)(F)[C@@H]1O)Oc1ccccc1. The molecule has 0 saturated carbocycles. The average molecular weight is 529 g/mol. The molecule has 1 unspecified atom stereocenters. The molecular formula is C22H29FN3O9P. The van der Waals surface area contributed by atoms with Crippen LogP contribution in [0.5, 0.6) is 5.75 Å². The number of para-hydroxylation sites is 1. The van der Waals surface area contributed by atoms with Crippen molar-refractivity contribution in [3.8, 4) is 5.75 Å². The standard InChI is InChI=1S/C22H29FN3O9P/c1-13(2)33-19(29)14(3)25-36(31,35-15-8-6-5-7-9-15)32-12-16-18(28)22(4,23)20(34-16)26-11-10-17(27)24-21(26)30/h5-11,13-14,16,18,20,28H,12H2,1-4H3,(H,25,31)(H,24,27,30)/t14-,16?,18+,20+,22+,36+/m0/s1. The van der Waals surface area contributed by atoms with E-state index >= 15 is 4.39 Å². The van der Waals surface area contributed by atoms with Gasteiger partial charge in [0, 0.05) is 12.3 Å². The number of hydrogen-bond donors (Lipinski definition) is 3. The first-order valence-corrected chi connectivity index (χ1v) is 12.7. The number of aliphatic hydroxyl groups excluding tert-OH is 1. The lowest BCUT2D eigenvalue weighted by atomic mass is 9.98. The number of carbonyl (C=O) groups is 1. The molecule has 2 aromatic rings. The molecule has 0 radical (unpaired) electrons. The maximum Gasteiger partial charge on any atom is 0.459 e. The molecular weight excluding hydrogens is 500 g/mol. The Kier molecular flexibility index (Phi) is 8.52. The van der Waals surface area contributed by atoms with Gasteiger partial charge in [0.25, 0.3) is 5.56 Å². The second-order valence-corrected chi connectivity index (χ2v) is 10.4. The number of alkyl halides is 1. The highest BCUT2D eigenvalue weighted by molar-refractivity contribution is 7.52. The summed E-state index contributed by atoms with van der Waals surface area (Å²) in [6.45, 7) is 5.07. The quantitative estimate of drug-likeness (QED) is 0.305. The molecule has 14 heteroatoms. The Labute approximate surface area is 205 Å². The lowest BCUT2D eigenvalue weighted by Crippen LogP contribution is -2.43. The summed E-state index contributed by atoms with van der Waals surface area (Å²) in [7, 11) is -4.30. The smallest absolute Gasteiger partial charge is 0.459 e. The summed E-state index contributed by atoms with van der Waals surface area (Å²) in [5, 5.41) is 13.0. The summed E-state index contributed by atoms with van der Waals surface area (Å²) < 4.78 is 51.4. The predicted molar refractivity (Wildman–Crippen MR) is 125 cm³/mol. The summed E-state index contributed by atoms with van der Waals surface area (Å²) in [5.74, 6) is -0.560. The zero-order chi connectivity index (χ0) is 26.7. The zero-order valence-corrected chi connectivity index (χ0v) is 21.0. The Balaban J connectivity index is 1.80. The number of aromatic nitrogens is 2. The molecule has 1 fully saturated rings. The summed E-state index contributed by atoms with van der Waals surface area (Å²) in [4.78, 5) is 37.7. The van der Waals surface area contributed by atoms with E-state index in [1.54, 1.807) is 32.0 Å². The van der Waals surface area contributed by atoms with Crippen molar-refractivity contribution < 1.29 is 37.4 Å². The molecule has 3 N–H and O–H groups in total. The van der Waals surface area contributed by atoms with E-state index in [2.05, 4.69) is 5.09 Å². The first-order chi connectivity index (χ1) is 16.8. The predicted octanol–water partition coefficient (Wildman–Crippen LogP) is 1.66. The Morgan fingerprint density at radius 3 is 2.56 bits per heavy atom. The van der Waals surface area contributed by atoms with Gasteiger partial charge >= 0.3 is 19.4 Å². The van der Waals surface area contributed by atoms with E-state index in [9.17, 15) is 24.1 Å². The Bertz CT molecular complexity index is 1220. The third kappa shape index (κ3) is 6.48. The number of aliphatic hydroxyl groups is 1. The molecule has 1 aromatic heterocycles. The van der Waals surface area contributed by atoms with Crippen LogP contribution in [0.1, 0.15) is 33.9 Å². The number of rotatable bonds is 10. The van der Waals surface area contributed by atoms with Gasteiger partial charge in [0.05, 0.1) is 12.7 Å². The van der Waals surface area contributed by atoms with Crippen LogP contribution in [-0.4, -0.2) is 57.3 Å². The highest BCUT2D eigenvalue weighted by Gasteiger charge is 2.55. The molecule has 12 nitrogen and oxygen atoms in total. The van der Waals surface area contributed by atoms with Crippen LogP contribution >= 0.6 is 7.75 Å². The van der Waals surface area contributed by atoms with E-state index in [1.807, 2.05) is 4.98 Å². The largest absolute Gasteiger partial charge is 0.462 e. The van der Waals surface area contributed by atoms with E-state index in [1.165, 1.54) is 19.1 Å². The van der Waals surface area contributed by atoms with Gasteiger partial charge in [-0.1, -0.05) is 18.2 Å². The lowest BCUT2D eigenvalue weighted by Gasteiger charge is -2.25. The number of nitrogens with zero attached hydrogens (tertiary/aromatic N) is 1. The summed E-state index contributed by atoms with van der Waals surface area (Å²) >= 11 is 0. The summed E-state index contributed by atoms with van der Waals surface area (Å²) in [6, 6.07) is 7.86. The van der Waals surface area contributed by atoms with Crippen molar-refractivity contribution >= 4 is 13.7 Å².